The van der Waals surface area contributed by atoms with Gasteiger partial charge in [-0.25, -0.2) is 0 Å². The Balaban J connectivity index is 1.79. The van der Waals surface area contributed by atoms with Gasteiger partial charge in [0.1, 0.15) is 0 Å². The van der Waals surface area contributed by atoms with Gasteiger partial charge in [0, 0.05) is 6.04 Å². The van der Waals surface area contributed by atoms with Gasteiger partial charge in [0.05, 0.1) is 11.2 Å². The second kappa shape index (κ2) is 3.74. The van der Waals surface area contributed by atoms with E-state index >= 15 is 0 Å². The van der Waals surface area contributed by atoms with Crippen LogP contribution in [0.3, 0.4) is 0 Å². The molecule has 1 aliphatic carbocycles. The number of ether oxygens (including phenoxy) is 1. The van der Waals surface area contributed by atoms with Crippen LogP contribution >= 0.6 is 0 Å². The normalized spacial score (nSPS) is 33.2. The van der Waals surface area contributed by atoms with Gasteiger partial charge in [-0.1, -0.05) is 0 Å². The molecule has 1 aliphatic heterocycles. The molecule has 2 aliphatic rings. The summed E-state index contributed by atoms with van der Waals surface area (Å²) in [4.78, 5) is 0. The molecule has 2 heteroatoms. The van der Waals surface area contributed by atoms with E-state index in [0.29, 0.717) is 5.92 Å². The van der Waals surface area contributed by atoms with E-state index in [1.165, 1.54) is 25.7 Å². The molecule has 2 nitrogen and oxygen atoms in total. The van der Waals surface area contributed by atoms with E-state index in [-0.39, 0.29) is 11.2 Å². The van der Waals surface area contributed by atoms with Gasteiger partial charge in [0.25, 0.3) is 0 Å². The number of hydrogen-bond donors (Lipinski definition) is 1. The molecule has 1 atom stereocenters. The van der Waals surface area contributed by atoms with Crippen molar-refractivity contribution in [2.24, 2.45) is 5.92 Å². The number of hydrogen-bond acceptors (Lipinski definition) is 2. The summed E-state index contributed by atoms with van der Waals surface area (Å²) in [5.74, 6) is 0.707. The molecule has 88 valence electrons. The third kappa shape index (κ3) is 2.94. The van der Waals surface area contributed by atoms with Gasteiger partial charge in [-0.2, -0.15) is 0 Å². The van der Waals surface area contributed by atoms with Crippen LogP contribution in [0.2, 0.25) is 0 Å². The molecule has 0 radical (unpaired) electrons. The highest BCUT2D eigenvalue weighted by atomic mass is 16.5. The van der Waals surface area contributed by atoms with Crippen molar-refractivity contribution in [1.82, 2.24) is 5.32 Å². The lowest BCUT2D eigenvalue weighted by atomic mass is 9.85. The predicted octanol–water partition coefficient (Wildman–Crippen LogP) is 2.72. The van der Waals surface area contributed by atoms with Crippen molar-refractivity contribution in [3.63, 3.8) is 0 Å². The first-order valence-corrected chi connectivity index (χ1v) is 6.33. The van der Waals surface area contributed by atoms with E-state index < -0.39 is 0 Å². The molecule has 0 aromatic heterocycles. The van der Waals surface area contributed by atoms with Crippen molar-refractivity contribution < 1.29 is 4.74 Å². The molecule has 1 heterocycles. The first-order valence-electron chi connectivity index (χ1n) is 6.33. The third-order valence-electron chi connectivity index (χ3n) is 3.76. The zero-order valence-corrected chi connectivity index (χ0v) is 10.6. The predicted molar refractivity (Wildman–Crippen MR) is 63.0 cm³/mol. The summed E-state index contributed by atoms with van der Waals surface area (Å²) in [5, 5.41) is 3.59. The Morgan fingerprint density at radius 2 is 1.87 bits per heavy atom. The van der Waals surface area contributed by atoms with Gasteiger partial charge in [-0.15, -0.1) is 0 Å². The molecule has 1 saturated carbocycles. The lowest BCUT2D eigenvalue weighted by Crippen LogP contribution is -2.31. The summed E-state index contributed by atoms with van der Waals surface area (Å²) < 4.78 is 6.09. The van der Waals surface area contributed by atoms with Crippen molar-refractivity contribution in [2.45, 2.75) is 70.6 Å². The van der Waals surface area contributed by atoms with Gasteiger partial charge < -0.3 is 10.1 Å². The molecule has 0 spiro atoms. The maximum Gasteiger partial charge on any atom is 0.0663 e. The van der Waals surface area contributed by atoms with Crippen LogP contribution < -0.4 is 5.32 Å². The van der Waals surface area contributed by atoms with Crippen LogP contribution in [0.15, 0.2) is 0 Å². The fourth-order valence-corrected chi connectivity index (χ4v) is 2.88. The molecule has 2 rings (SSSR count). The fraction of sp³-hybridized carbons (Fsp3) is 1.00. The van der Waals surface area contributed by atoms with E-state index in [9.17, 15) is 0 Å². The minimum atomic E-state index is 0.0642. The summed E-state index contributed by atoms with van der Waals surface area (Å²) >= 11 is 0. The minimum Gasteiger partial charge on any atom is -0.369 e. The van der Waals surface area contributed by atoms with Gasteiger partial charge in [0.15, 0.2) is 0 Å². The first-order chi connectivity index (χ1) is 6.89. The molecular weight excluding hydrogens is 186 g/mol. The molecule has 0 aromatic rings. The molecule has 2 fully saturated rings. The van der Waals surface area contributed by atoms with Crippen molar-refractivity contribution in [1.29, 1.82) is 0 Å². The molecular formula is C13H25NO. The van der Waals surface area contributed by atoms with Gasteiger partial charge in [-0.3, -0.25) is 0 Å². The zero-order valence-electron chi connectivity index (χ0n) is 10.6. The molecule has 15 heavy (non-hydrogen) atoms. The van der Waals surface area contributed by atoms with Gasteiger partial charge in [-0.05, 0) is 65.8 Å². The zero-order chi connectivity index (χ0) is 11.1. The van der Waals surface area contributed by atoms with Crippen LogP contribution in [0, 0.1) is 5.92 Å². The monoisotopic (exact) mass is 211 g/mol. The van der Waals surface area contributed by atoms with Crippen LogP contribution in [-0.2, 0) is 4.74 Å². The maximum atomic E-state index is 6.09. The Morgan fingerprint density at radius 3 is 2.33 bits per heavy atom. The van der Waals surface area contributed by atoms with Crippen LogP contribution in [0.4, 0.5) is 0 Å². The average molecular weight is 211 g/mol. The highest BCUT2D eigenvalue weighted by molar-refractivity contribution is 4.94. The summed E-state index contributed by atoms with van der Waals surface area (Å²) in [6.45, 7) is 10.1. The smallest absolute Gasteiger partial charge is 0.0663 e. The fourth-order valence-electron chi connectivity index (χ4n) is 2.88. The Labute approximate surface area is 93.8 Å². The highest BCUT2D eigenvalue weighted by Gasteiger charge is 2.45. The number of nitrogens with one attached hydrogen (secondary N) is 1. The van der Waals surface area contributed by atoms with E-state index in [4.69, 9.17) is 4.74 Å². The van der Waals surface area contributed by atoms with Gasteiger partial charge in [0.2, 0.25) is 0 Å². The van der Waals surface area contributed by atoms with Crippen molar-refractivity contribution in [3.8, 4) is 0 Å². The van der Waals surface area contributed by atoms with E-state index in [0.717, 1.165) is 12.6 Å². The Morgan fingerprint density at radius 1 is 1.20 bits per heavy atom. The average Bonchev–Trinajstić information content (AvgIpc) is 2.80. The molecule has 0 bridgehead atoms. The Bertz CT molecular complexity index is 231. The largest absolute Gasteiger partial charge is 0.369 e. The third-order valence-corrected chi connectivity index (χ3v) is 3.76. The minimum absolute atomic E-state index is 0.0642. The molecule has 1 saturated heterocycles. The Hall–Kier alpha value is -0.0800. The van der Waals surface area contributed by atoms with E-state index in [2.05, 4.69) is 33.0 Å². The molecule has 1 N–H and O–H groups in total. The molecule has 0 amide bonds. The summed E-state index contributed by atoms with van der Waals surface area (Å²) in [7, 11) is 0. The quantitative estimate of drug-likeness (QED) is 0.772. The van der Waals surface area contributed by atoms with Crippen LogP contribution in [0.25, 0.3) is 0 Å². The van der Waals surface area contributed by atoms with Crippen LogP contribution in [0.5, 0.6) is 0 Å². The van der Waals surface area contributed by atoms with Gasteiger partial charge >= 0.3 is 0 Å². The Kier molecular flexibility index (Phi) is 2.85. The molecule has 0 aromatic carbocycles. The standard InChI is InChI=1S/C13H25NO/c1-12(2)9-10(13(3,4)15-12)7-8-14-11-5-6-11/h10-11,14H,5-9H2,1-4H3. The highest BCUT2D eigenvalue weighted by Crippen LogP contribution is 2.43. The number of rotatable bonds is 4. The van der Waals surface area contributed by atoms with Crippen LogP contribution in [-0.4, -0.2) is 23.8 Å². The summed E-state index contributed by atoms with van der Waals surface area (Å²) in [6.07, 6.45) is 5.23. The summed E-state index contributed by atoms with van der Waals surface area (Å²) in [5.41, 5.74) is 0.141. The van der Waals surface area contributed by atoms with Crippen molar-refractivity contribution >= 4 is 0 Å². The second-order valence-corrected chi connectivity index (χ2v) is 6.38. The molecule has 1 unspecified atom stereocenters. The maximum absolute atomic E-state index is 6.09. The van der Waals surface area contributed by atoms with E-state index in [1.807, 2.05) is 0 Å². The second-order valence-electron chi connectivity index (χ2n) is 6.38. The summed E-state index contributed by atoms with van der Waals surface area (Å²) in [6, 6.07) is 0.837. The topological polar surface area (TPSA) is 21.3 Å². The SMILES string of the molecule is CC1(C)CC(CCNC2CC2)C(C)(C)O1. The first kappa shape index (κ1) is 11.4. The van der Waals surface area contributed by atoms with Crippen molar-refractivity contribution in [3.05, 3.63) is 0 Å². The van der Waals surface area contributed by atoms with Crippen molar-refractivity contribution in [2.75, 3.05) is 6.54 Å². The lowest BCUT2D eigenvalue weighted by molar-refractivity contribution is -0.0751. The van der Waals surface area contributed by atoms with Crippen LogP contribution in [0.1, 0.15) is 53.4 Å². The lowest BCUT2D eigenvalue weighted by Gasteiger charge is -2.27. The van der Waals surface area contributed by atoms with E-state index in [1.54, 1.807) is 0 Å².